The summed E-state index contributed by atoms with van der Waals surface area (Å²) in [7, 11) is 0. The molecule has 1 aromatic rings. The third-order valence-corrected chi connectivity index (χ3v) is 4.70. The van der Waals surface area contributed by atoms with Crippen molar-refractivity contribution in [2.45, 2.75) is 59.3 Å². The summed E-state index contributed by atoms with van der Waals surface area (Å²) in [6, 6.07) is 8.66. The fourth-order valence-corrected chi connectivity index (χ4v) is 3.34. The van der Waals surface area contributed by atoms with E-state index in [1.54, 1.807) is 0 Å². The van der Waals surface area contributed by atoms with E-state index in [1.165, 1.54) is 11.3 Å². The summed E-state index contributed by atoms with van der Waals surface area (Å²) in [5, 5.41) is 12.9. The van der Waals surface area contributed by atoms with E-state index in [-0.39, 0.29) is 24.2 Å². The molecule has 0 amide bonds. The normalized spacial score (nSPS) is 22.0. The Morgan fingerprint density at radius 2 is 1.88 bits per heavy atom. The number of ether oxygens (including phenoxy) is 1. The number of aliphatic hydroxyl groups is 1. The van der Waals surface area contributed by atoms with E-state index < -0.39 is 0 Å². The Labute approximate surface area is 147 Å². The third-order valence-electron chi connectivity index (χ3n) is 4.70. The highest BCUT2D eigenvalue weighted by atomic mass is 16.5. The maximum absolute atomic E-state index is 9.32. The highest BCUT2D eigenvalue weighted by Gasteiger charge is 2.23. The zero-order valence-electron chi connectivity index (χ0n) is 15.7. The molecule has 1 fully saturated rings. The zero-order valence-corrected chi connectivity index (χ0v) is 15.7. The van der Waals surface area contributed by atoms with Crippen LogP contribution in [0.4, 0.5) is 5.69 Å². The Morgan fingerprint density at radius 1 is 1.21 bits per heavy atom. The number of hydrogen-bond acceptors (Lipinski definition) is 4. The molecule has 2 unspecified atom stereocenters. The predicted octanol–water partition coefficient (Wildman–Crippen LogP) is 3.19. The lowest BCUT2D eigenvalue weighted by Gasteiger charge is -2.37. The predicted molar refractivity (Wildman–Crippen MR) is 100 cm³/mol. The molecule has 1 heterocycles. The number of anilines is 1. The molecule has 1 aliphatic rings. The second-order valence-corrected chi connectivity index (χ2v) is 7.89. The summed E-state index contributed by atoms with van der Waals surface area (Å²) in [6.45, 7) is 12.5. The summed E-state index contributed by atoms with van der Waals surface area (Å²) in [4.78, 5) is 2.45. The molecular weight excluding hydrogens is 300 g/mol. The SMILES string of the molecule is CC1CN(c2ccccc2CNCCCC(C)(C)CO)CC(C)O1. The highest BCUT2D eigenvalue weighted by Crippen LogP contribution is 2.25. The lowest BCUT2D eigenvalue weighted by Crippen LogP contribution is -2.46. The molecule has 136 valence electrons. The number of nitrogens with zero attached hydrogens (tertiary/aromatic N) is 1. The number of benzene rings is 1. The Bertz CT molecular complexity index is 494. The van der Waals surface area contributed by atoms with Crippen LogP contribution in [0.1, 0.15) is 46.1 Å². The van der Waals surface area contributed by atoms with Gasteiger partial charge >= 0.3 is 0 Å². The lowest BCUT2D eigenvalue weighted by molar-refractivity contribution is -0.00526. The fraction of sp³-hybridized carbons (Fsp3) is 0.700. The van der Waals surface area contributed by atoms with Crippen LogP contribution in [0.5, 0.6) is 0 Å². The van der Waals surface area contributed by atoms with Crippen molar-refractivity contribution in [3.05, 3.63) is 29.8 Å². The van der Waals surface area contributed by atoms with Crippen molar-refractivity contribution >= 4 is 5.69 Å². The Balaban J connectivity index is 1.87. The first-order valence-corrected chi connectivity index (χ1v) is 9.21. The van der Waals surface area contributed by atoms with Crippen molar-refractivity contribution in [2.75, 3.05) is 31.1 Å². The van der Waals surface area contributed by atoms with Crippen LogP contribution in [0.15, 0.2) is 24.3 Å². The average Bonchev–Trinajstić information content (AvgIpc) is 2.54. The number of para-hydroxylation sites is 1. The molecule has 4 nitrogen and oxygen atoms in total. The molecule has 0 radical (unpaired) electrons. The molecule has 2 atom stereocenters. The topological polar surface area (TPSA) is 44.7 Å². The van der Waals surface area contributed by atoms with Gasteiger partial charge in [0.25, 0.3) is 0 Å². The van der Waals surface area contributed by atoms with E-state index in [0.717, 1.165) is 39.0 Å². The van der Waals surface area contributed by atoms with Gasteiger partial charge in [-0.3, -0.25) is 0 Å². The Hall–Kier alpha value is -1.10. The van der Waals surface area contributed by atoms with Crippen molar-refractivity contribution in [1.82, 2.24) is 5.32 Å². The first kappa shape index (κ1) is 19.2. The smallest absolute Gasteiger partial charge is 0.0726 e. The number of hydrogen-bond donors (Lipinski definition) is 2. The number of morpholine rings is 1. The molecule has 1 aromatic carbocycles. The maximum Gasteiger partial charge on any atom is 0.0726 e. The Morgan fingerprint density at radius 3 is 2.54 bits per heavy atom. The van der Waals surface area contributed by atoms with Crippen LogP contribution in [0.3, 0.4) is 0 Å². The van der Waals surface area contributed by atoms with E-state index >= 15 is 0 Å². The largest absolute Gasteiger partial charge is 0.396 e. The number of rotatable bonds is 8. The van der Waals surface area contributed by atoms with E-state index in [0.29, 0.717) is 0 Å². The van der Waals surface area contributed by atoms with Crippen molar-refractivity contribution in [3.8, 4) is 0 Å². The summed E-state index contributed by atoms with van der Waals surface area (Å²) in [6.07, 6.45) is 2.67. The van der Waals surface area contributed by atoms with Crippen LogP contribution in [0, 0.1) is 5.41 Å². The van der Waals surface area contributed by atoms with Gasteiger partial charge in [0.1, 0.15) is 0 Å². The molecular formula is C20H34N2O2. The van der Waals surface area contributed by atoms with Crippen LogP contribution in [-0.2, 0) is 11.3 Å². The molecule has 4 heteroatoms. The van der Waals surface area contributed by atoms with Crippen molar-refractivity contribution in [1.29, 1.82) is 0 Å². The summed E-state index contributed by atoms with van der Waals surface area (Å²) < 4.78 is 5.86. The van der Waals surface area contributed by atoms with Gasteiger partial charge < -0.3 is 20.1 Å². The lowest BCUT2D eigenvalue weighted by atomic mass is 9.89. The van der Waals surface area contributed by atoms with Gasteiger partial charge in [-0.25, -0.2) is 0 Å². The maximum atomic E-state index is 9.32. The monoisotopic (exact) mass is 334 g/mol. The second kappa shape index (κ2) is 8.84. The average molecular weight is 335 g/mol. The first-order valence-electron chi connectivity index (χ1n) is 9.21. The quantitative estimate of drug-likeness (QED) is 0.717. The van der Waals surface area contributed by atoms with Gasteiger partial charge in [0, 0.05) is 31.9 Å². The molecule has 0 aliphatic carbocycles. The molecule has 1 saturated heterocycles. The van der Waals surface area contributed by atoms with Gasteiger partial charge in [0.05, 0.1) is 12.2 Å². The van der Waals surface area contributed by atoms with Crippen LogP contribution in [0.2, 0.25) is 0 Å². The third kappa shape index (κ3) is 5.76. The van der Waals surface area contributed by atoms with Crippen LogP contribution < -0.4 is 10.2 Å². The van der Waals surface area contributed by atoms with E-state index in [4.69, 9.17) is 4.74 Å². The molecule has 0 spiro atoms. The van der Waals surface area contributed by atoms with Gasteiger partial charge in [0.2, 0.25) is 0 Å². The fourth-order valence-electron chi connectivity index (χ4n) is 3.34. The molecule has 0 aromatic heterocycles. The zero-order chi connectivity index (χ0) is 17.6. The van der Waals surface area contributed by atoms with Crippen molar-refractivity contribution in [2.24, 2.45) is 5.41 Å². The summed E-state index contributed by atoms with van der Waals surface area (Å²) >= 11 is 0. The van der Waals surface area contributed by atoms with E-state index in [9.17, 15) is 5.11 Å². The molecule has 0 saturated carbocycles. The van der Waals surface area contributed by atoms with Gasteiger partial charge in [-0.05, 0) is 50.3 Å². The standard InChI is InChI=1S/C20H34N2O2/c1-16-13-22(14-17(2)24-16)19-9-6-5-8-18(19)12-21-11-7-10-20(3,4)15-23/h5-6,8-9,16-17,21,23H,7,10-15H2,1-4H3. The minimum absolute atomic E-state index is 0.0274. The summed E-state index contributed by atoms with van der Waals surface area (Å²) in [5.41, 5.74) is 2.70. The number of aliphatic hydroxyl groups excluding tert-OH is 1. The van der Waals surface area contributed by atoms with Crippen molar-refractivity contribution < 1.29 is 9.84 Å². The molecule has 2 N–H and O–H groups in total. The van der Waals surface area contributed by atoms with Gasteiger partial charge in [-0.15, -0.1) is 0 Å². The van der Waals surface area contributed by atoms with Crippen LogP contribution >= 0.6 is 0 Å². The molecule has 0 bridgehead atoms. The van der Waals surface area contributed by atoms with Gasteiger partial charge in [-0.2, -0.15) is 0 Å². The van der Waals surface area contributed by atoms with Crippen LogP contribution in [0.25, 0.3) is 0 Å². The second-order valence-electron chi connectivity index (χ2n) is 7.89. The summed E-state index contributed by atoms with van der Waals surface area (Å²) in [5.74, 6) is 0. The van der Waals surface area contributed by atoms with Gasteiger partial charge in [-0.1, -0.05) is 32.0 Å². The van der Waals surface area contributed by atoms with Crippen molar-refractivity contribution in [3.63, 3.8) is 0 Å². The van der Waals surface area contributed by atoms with E-state index in [2.05, 4.69) is 62.2 Å². The van der Waals surface area contributed by atoms with Gasteiger partial charge in [0.15, 0.2) is 0 Å². The molecule has 2 rings (SSSR count). The number of nitrogens with one attached hydrogen (secondary N) is 1. The molecule has 24 heavy (non-hydrogen) atoms. The Kier molecular flexibility index (Phi) is 7.08. The first-order chi connectivity index (χ1) is 11.4. The minimum atomic E-state index is 0.0274. The highest BCUT2D eigenvalue weighted by molar-refractivity contribution is 5.54. The van der Waals surface area contributed by atoms with E-state index in [1.807, 2.05) is 0 Å². The molecule has 1 aliphatic heterocycles. The van der Waals surface area contributed by atoms with Crippen LogP contribution in [-0.4, -0.2) is 43.6 Å². The minimum Gasteiger partial charge on any atom is -0.396 e.